The molecule has 0 amide bonds. The summed E-state index contributed by atoms with van der Waals surface area (Å²) in [5.74, 6) is 4.98. The number of hydrogen-bond donors (Lipinski definition) is 1. The Morgan fingerprint density at radius 2 is 2.27 bits per heavy atom. The zero-order valence-corrected chi connectivity index (χ0v) is 8.49. The highest BCUT2D eigenvalue weighted by atomic mass is 16.5. The van der Waals surface area contributed by atoms with Crippen molar-refractivity contribution in [1.82, 2.24) is 0 Å². The molecular formula is C12H12O3. The van der Waals surface area contributed by atoms with Gasteiger partial charge in [-0.15, -0.1) is 0 Å². The Morgan fingerprint density at radius 1 is 1.47 bits per heavy atom. The zero-order chi connectivity index (χ0) is 11.1. The van der Waals surface area contributed by atoms with E-state index in [4.69, 9.17) is 5.11 Å². The van der Waals surface area contributed by atoms with Crippen LogP contribution in [0.1, 0.15) is 15.9 Å². The molecule has 1 aromatic rings. The molecule has 1 aromatic carbocycles. The fourth-order valence-electron chi connectivity index (χ4n) is 1.15. The largest absolute Gasteiger partial charge is 0.465 e. The molecule has 0 bridgehead atoms. The van der Waals surface area contributed by atoms with Crippen molar-refractivity contribution in [3.05, 3.63) is 35.4 Å². The second-order valence-corrected chi connectivity index (χ2v) is 2.88. The molecule has 0 atom stereocenters. The van der Waals surface area contributed by atoms with E-state index in [1.807, 2.05) is 6.07 Å². The molecule has 0 unspecified atom stereocenters. The smallest absolute Gasteiger partial charge is 0.337 e. The van der Waals surface area contributed by atoms with Crippen molar-refractivity contribution in [3.63, 3.8) is 0 Å². The number of rotatable bonds is 2. The molecule has 0 aliphatic heterocycles. The summed E-state index contributed by atoms with van der Waals surface area (Å²) in [4.78, 5) is 11.2. The van der Waals surface area contributed by atoms with Gasteiger partial charge in [-0.2, -0.15) is 0 Å². The molecule has 15 heavy (non-hydrogen) atoms. The molecule has 3 nitrogen and oxygen atoms in total. The number of esters is 1. The van der Waals surface area contributed by atoms with Crippen molar-refractivity contribution in [2.24, 2.45) is 0 Å². The van der Waals surface area contributed by atoms with Crippen LogP contribution in [-0.4, -0.2) is 24.8 Å². The Bertz CT molecular complexity index is 399. The lowest BCUT2D eigenvalue weighted by Gasteiger charge is -2.00. The number of aliphatic hydroxyl groups excluding tert-OH is 1. The van der Waals surface area contributed by atoms with E-state index in [1.54, 1.807) is 18.2 Å². The first kappa shape index (κ1) is 11.3. The van der Waals surface area contributed by atoms with E-state index < -0.39 is 0 Å². The second-order valence-electron chi connectivity index (χ2n) is 2.88. The van der Waals surface area contributed by atoms with E-state index in [1.165, 1.54) is 7.11 Å². The number of carbonyl (C=O) groups excluding carboxylic acids is 1. The lowest BCUT2D eigenvalue weighted by atomic mass is 10.1. The van der Waals surface area contributed by atoms with Gasteiger partial charge < -0.3 is 9.84 Å². The predicted octanol–water partition coefficient (Wildman–Crippen LogP) is 1.01. The molecule has 0 radical (unpaired) electrons. The standard InChI is InChI=1S/C12H12O3/c1-15-12(14)11-7-4-6-10(9-11)5-2-3-8-13/h4,6-7,9,13H,5,8H2,1H3. The van der Waals surface area contributed by atoms with Crippen LogP contribution >= 0.6 is 0 Å². The monoisotopic (exact) mass is 204 g/mol. The van der Waals surface area contributed by atoms with Gasteiger partial charge in [0.2, 0.25) is 0 Å². The first-order valence-corrected chi connectivity index (χ1v) is 4.51. The van der Waals surface area contributed by atoms with Crippen LogP contribution in [0.15, 0.2) is 24.3 Å². The average molecular weight is 204 g/mol. The number of hydrogen-bond acceptors (Lipinski definition) is 3. The van der Waals surface area contributed by atoms with Crippen molar-refractivity contribution >= 4 is 5.97 Å². The number of ether oxygens (including phenoxy) is 1. The Morgan fingerprint density at radius 3 is 2.93 bits per heavy atom. The van der Waals surface area contributed by atoms with Gasteiger partial charge in [0, 0.05) is 6.42 Å². The molecule has 3 heteroatoms. The summed E-state index contributed by atoms with van der Waals surface area (Å²) in [6.45, 7) is -0.142. The fourth-order valence-corrected chi connectivity index (χ4v) is 1.15. The van der Waals surface area contributed by atoms with E-state index in [2.05, 4.69) is 16.6 Å². The summed E-state index contributed by atoms with van der Waals surface area (Å²) in [7, 11) is 1.35. The third kappa shape index (κ3) is 3.45. The number of benzene rings is 1. The Labute approximate surface area is 88.7 Å². The van der Waals surface area contributed by atoms with Crippen LogP contribution < -0.4 is 0 Å². The van der Waals surface area contributed by atoms with Crippen LogP contribution in [0.3, 0.4) is 0 Å². The van der Waals surface area contributed by atoms with E-state index in [0.29, 0.717) is 12.0 Å². The van der Waals surface area contributed by atoms with Crippen molar-refractivity contribution in [2.75, 3.05) is 13.7 Å². The van der Waals surface area contributed by atoms with E-state index in [9.17, 15) is 4.79 Å². The number of methoxy groups -OCH3 is 1. The zero-order valence-electron chi connectivity index (χ0n) is 8.49. The van der Waals surface area contributed by atoms with Crippen LogP contribution in [0.5, 0.6) is 0 Å². The predicted molar refractivity (Wildman–Crippen MR) is 56.3 cm³/mol. The van der Waals surface area contributed by atoms with Crippen LogP contribution in [0.25, 0.3) is 0 Å². The molecule has 78 valence electrons. The minimum absolute atomic E-state index is 0.142. The quantitative estimate of drug-likeness (QED) is 0.577. The van der Waals surface area contributed by atoms with Crippen molar-refractivity contribution in [2.45, 2.75) is 6.42 Å². The normalized spacial score (nSPS) is 8.93. The minimum Gasteiger partial charge on any atom is -0.465 e. The van der Waals surface area contributed by atoms with Gasteiger partial charge in [-0.1, -0.05) is 24.0 Å². The van der Waals surface area contributed by atoms with E-state index in [0.717, 1.165) is 5.56 Å². The second kappa shape index (κ2) is 5.84. The van der Waals surface area contributed by atoms with Gasteiger partial charge >= 0.3 is 5.97 Å². The van der Waals surface area contributed by atoms with E-state index in [-0.39, 0.29) is 12.6 Å². The maximum absolute atomic E-state index is 11.2. The third-order valence-corrected chi connectivity index (χ3v) is 1.84. The summed E-state index contributed by atoms with van der Waals surface area (Å²) in [6.07, 6.45) is 0.519. The Kier molecular flexibility index (Phi) is 4.39. The highest BCUT2D eigenvalue weighted by Crippen LogP contribution is 2.06. The van der Waals surface area contributed by atoms with Crippen molar-refractivity contribution in [3.8, 4) is 11.8 Å². The van der Waals surface area contributed by atoms with Gasteiger partial charge in [0.05, 0.1) is 12.7 Å². The first-order chi connectivity index (χ1) is 7.27. The summed E-state index contributed by atoms with van der Waals surface area (Å²) in [6, 6.07) is 7.08. The highest BCUT2D eigenvalue weighted by Gasteiger charge is 2.04. The molecular weight excluding hydrogens is 192 g/mol. The van der Waals surface area contributed by atoms with Crippen LogP contribution in [0.4, 0.5) is 0 Å². The van der Waals surface area contributed by atoms with Crippen LogP contribution in [0, 0.1) is 11.8 Å². The lowest BCUT2D eigenvalue weighted by molar-refractivity contribution is 0.0600. The number of carbonyl (C=O) groups is 1. The van der Waals surface area contributed by atoms with Crippen LogP contribution in [0.2, 0.25) is 0 Å². The molecule has 0 heterocycles. The lowest BCUT2D eigenvalue weighted by Crippen LogP contribution is -2.01. The van der Waals surface area contributed by atoms with Crippen molar-refractivity contribution in [1.29, 1.82) is 0 Å². The summed E-state index contributed by atoms with van der Waals surface area (Å²) in [5, 5.41) is 8.48. The molecule has 0 saturated heterocycles. The van der Waals surface area contributed by atoms with Gasteiger partial charge in [-0.3, -0.25) is 0 Å². The van der Waals surface area contributed by atoms with E-state index >= 15 is 0 Å². The molecule has 1 N–H and O–H groups in total. The average Bonchev–Trinajstić information content (AvgIpc) is 2.29. The molecule has 0 saturated carbocycles. The Balaban J connectivity index is 2.78. The molecule has 0 aliphatic carbocycles. The summed E-state index contributed by atoms with van der Waals surface area (Å²) >= 11 is 0. The third-order valence-electron chi connectivity index (χ3n) is 1.84. The van der Waals surface area contributed by atoms with Gasteiger partial charge in [-0.05, 0) is 17.7 Å². The summed E-state index contributed by atoms with van der Waals surface area (Å²) in [5.41, 5.74) is 1.44. The SMILES string of the molecule is COC(=O)c1cccc(CC#CCO)c1. The minimum atomic E-state index is -0.355. The summed E-state index contributed by atoms with van der Waals surface area (Å²) < 4.78 is 4.60. The molecule has 0 aliphatic rings. The molecule has 0 aromatic heterocycles. The molecule has 0 fully saturated rings. The molecule has 1 rings (SSSR count). The maximum atomic E-state index is 11.2. The van der Waals surface area contributed by atoms with Gasteiger partial charge in [0.15, 0.2) is 0 Å². The highest BCUT2D eigenvalue weighted by molar-refractivity contribution is 5.89. The van der Waals surface area contributed by atoms with Gasteiger partial charge in [-0.25, -0.2) is 4.79 Å². The van der Waals surface area contributed by atoms with Crippen molar-refractivity contribution < 1.29 is 14.6 Å². The fraction of sp³-hybridized carbons (Fsp3) is 0.250. The number of aliphatic hydroxyl groups is 1. The topological polar surface area (TPSA) is 46.5 Å². The Hall–Kier alpha value is -1.79. The first-order valence-electron chi connectivity index (χ1n) is 4.51. The van der Waals surface area contributed by atoms with Gasteiger partial charge in [0.25, 0.3) is 0 Å². The maximum Gasteiger partial charge on any atom is 0.337 e. The molecule has 0 spiro atoms. The van der Waals surface area contributed by atoms with Gasteiger partial charge in [0.1, 0.15) is 6.61 Å². The van der Waals surface area contributed by atoms with Crippen LogP contribution in [-0.2, 0) is 11.2 Å².